The summed E-state index contributed by atoms with van der Waals surface area (Å²) in [7, 11) is -2.58. The van der Waals surface area contributed by atoms with Crippen LogP contribution in [0.5, 0.6) is 0 Å². The molecule has 1 aliphatic rings. The molecule has 0 amide bonds. The summed E-state index contributed by atoms with van der Waals surface area (Å²) < 4.78 is 62.1. The molecule has 10 heteroatoms. The van der Waals surface area contributed by atoms with Crippen molar-refractivity contribution < 1.29 is 17.4 Å². The van der Waals surface area contributed by atoms with Gasteiger partial charge in [0.25, 0.3) is 12.0 Å². The van der Waals surface area contributed by atoms with Crippen LogP contribution in [0.4, 0.5) is 18.9 Å². The number of alkyl halides is 2. The fourth-order valence-electron chi connectivity index (χ4n) is 4.11. The highest BCUT2D eigenvalue weighted by atomic mass is 32.2. The SMILES string of the molecule is C[C@@H](Nc1ccnc2cc(=O)n(C3CCS(=N)(=O)CC3)cc12)c1cccc(C(F)F)c1F. The number of aromatic nitrogens is 2. The van der Waals surface area contributed by atoms with Gasteiger partial charge in [0.05, 0.1) is 17.1 Å². The standard InChI is InChI=1S/C22H23F3N4O2S/c1-13(15-3-2-4-16(21(15)23)22(24)25)28-18-5-8-27-19-11-20(30)29(12-17(18)19)14-6-9-32(26,31)10-7-14/h2-5,8,11-14,22,26,28H,6-7,9-10H2,1H3/t13-,14?,32?/m1/s1. The van der Waals surface area contributed by atoms with Crippen molar-refractivity contribution in [2.45, 2.75) is 38.3 Å². The number of hydrogen-bond donors (Lipinski definition) is 2. The van der Waals surface area contributed by atoms with Gasteiger partial charge in [-0.1, -0.05) is 18.2 Å². The molecule has 1 aliphatic heterocycles. The number of anilines is 1. The topological polar surface area (TPSA) is 87.8 Å². The van der Waals surface area contributed by atoms with Crippen molar-refractivity contribution in [1.82, 2.24) is 9.55 Å². The van der Waals surface area contributed by atoms with Crippen LogP contribution < -0.4 is 10.9 Å². The molecule has 6 nitrogen and oxygen atoms in total. The van der Waals surface area contributed by atoms with E-state index in [1.165, 1.54) is 24.4 Å². The van der Waals surface area contributed by atoms with Crippen LogP contribution in [0.2, 0.25) is 0 Å². The Morgan fingerprint density at radius 3 is 2.59 bits per heavy atom. The molecule has 1 aromatic carbocycles. The van der Waals surface area contributed by atoms with Crippen LogP contribution in [0.25, 0.3) is 10.9 Å². The van der Waals surface area contributed by atoms with E-state index < -0.39 is 33.6 Å². The van der Waals surface area contributed by atoms with Gasteiger partial charge >= 0.3 is 0 Å². The predicted octanol–water partition coefficient (Wildman–Crippen LogP) is 5.03. The summed E-state index contributed by atoms with van der Waals surface area (Å²) in [5.41, 5.74) is 0.254. The third kappa shape index (κ3) is 4.36. The highest BCUT2D eigenvalue weighted by Crippen LogP contribution is 2.31. The monoisotopic (exact) mass is 464 g/mol. The molecule has 1 fully saturated rings. The van der Waals surface area contributed by atoms with Gasteiger partial charge in [-0.25, -0.2) is 17.4 Å². The number of benzene rings is 1. The highest BCUT2D eigenvalue weighted by Gasteiger charge is 2.24. The van der Waals surface area contributed by atoms with Gasteiger partial charge in [0.1, 0.15) is 5.82 Å². The second-order valence-corrected chi connectivity index (χ2v) is 10.5. The van der Waals surface area contributed by atoms with E-state index in [1.807, 2.05) is 0 Å². The van der Waals surface area contributed by atoms with E-state index in [0.29, 0.717) is 29.4 Å². The molecule has 0 unspecified atom stereocenters. The van der Waals surface area contributed by atoms with Gasteiger partial charge in [0.15, 0.2) is 0 Å². The Labute approximate surface area is 183 Å². The Morgan fingerprint density at radius 2 is 1.91 bits per heavy atom. The first kappa shape index (κ1) is 22.3. The van der Waals surface area contributed by atoms with Crippen molar-refractivity contribution >= 4 is 26.3 Å². The van der Waals surface area contributed by atoms with Crippen molar-refractivity contribution in [3.05, 3.63) is 70.0 Å². The molecule has 1 atom stereocenters. The maximum atomic E-state index is 14.6. The molecule has 3 heterocycles. The van der Waals surface area contributed by atoms with Gasteiger partial charge in [0.2, 0.25) is 0 Å². The zero-order chi connectivity index (χ0) is 23.0. The summed E-state index contributed by atoms with van der Waals surface area (Å²) in [6.45, 7) is 1.67. The van der Waals surface area contributed by atoms with E-state index in [4.69, 9.17) is 4.78 Å². The van der Waals surface area contributed by atoms with Crippen molar-refractivity contribution in [2.24, 2.45) is 0 Å². The van der Waals surface area contributed by atoms with Crippen LogP contribution in [-0.2, 0) is 9.73 Å². The molecule has 3 aromatic rings. The highest BCUT2D eigenvalue weighted by molar-refractivity contribution is 7.92. The summed E-state index contributed by atoms with van der Waals surface area (Å²) >= 11 is 0. The third-order valence-corrected chi connectivity index (χ3v) is 7.68. The van der Waals surface area contributed by atoms with E-state index in [9.17, 15) is 22.2 Å². The Hall–Kier alpha value is -2.88. The molecule has 0 radical (unpaired) electrons. The zero-order valence-corrected chi connectivity index (χ0v) is 18.2. The first-order chi connectivity index (χ1) is 15.2. The normalized spacial score (nSPS) is 22.2. The fraction of sp³-hybridized carbons (Fsp3) is 0.364. The van der Waals surface area contributed by atoms with Gasteiger partial charge in [-0.3, -0.25) is 14.6 Å². The molecular formula is C22H23F3N4O2S. The van der Waals surface area contributed by atoms with Crippen molar-refractivity contribution in [2.75, 3.05) is 16.8 Å². The van der Waals surface area contributed by atoms with E-state index in [0.717, 1.165) is 6.07 Å². The lowest BCUT2D eigenvalue weighted by molar-refractivity contribution is 0.146. The number of rotatable bonds is 5. The Morgan fingerprint density at radius 1 is 1.22 bits per heavy atom. The maximum absolute atomic E-state index is 14.6. The van der Waals surface area contributed by atoms with Gasteiger partial charge in [-0.05, 0) is 25.8 Å². The van der Waals surface area contributed by atoms with Crippen molar-refractivity contribution in [3.63, 3.8) is 0 Å². The number of nitrogens with zero attached hydrogens (tertiary/aromatic N) is 2. The molecule has 1 saturated heterocycles. The molecule has 0 aliphatic carbocycles. The number of fused-ring (bicyclic) bond motifs is 1. The number of hydrogen-bond acceptors (Lipinski definition) is 5. The molecule has 0 bridgehead atoms. The number of halogens is 3. The molecular weight excluding hydrogens is 441 g/mol. The lowest BCUT2D eigenvalue weighted by Crippen LogP contribution is -2.31. The van der Waals surface area contributed by atoms with Crippen LogP contribution in [0.3, 0.4) is 0 Å². The summed E-state index contributed by atoms with van der Waals surface area (Å²) in [5.74, 6) is -0.451. The molecule has 170 valence electrons. The van der Waals surface area contributed by atoms with Crippen LogP contribution in [0.15, 0.2) is 47.5 Å². The lowest BCUT2D eigenvalue weighted by Gasteiger charge is -2.26. The summed E-state index contributed by atoms with van der Waals surface area (Å²) in [6.07, 6.45) is 1.22. The first-order valence-electron chi connectivity index (χ1n) is 10.2. The van der Waals surface area contributed by atoms with Gasteiger partial charge in [-0.2, -0.15) is 0 Å². The smallest absolute Gasteiger partial charge is 0.266 e. The quantitative estimate of drug-likeness (QED) is 0.555. The maximum Gasteiger partial charge on any atom is 0.266 e. The van der Waals surface area contributed by atoms with Crippen molar-refractivity contribution in [3.8, 4) is 0 Å². The van der Waals surface area contributed by atoms with Gasteiger partial charge in [-0.15, -0.1) is 0 Å². The van der Waals surface area contributed by atoms with E-state index >= 15 is 0 Å². The minimum Gasteiger partial charge on any atom is -0.378 e. The molecule has 0 spiro atoms. The van der Waals surface area contributed by atoms with Gasteiger partial charge in [0, 0.05) is 62.4 Å². The molecule has 2 N–H and O–H groups in total. The molecule has 0 saturated carbocycles. The molecule has 32 heavy (non-hydrogen) atoms. The second-order valence-electron chi connectivity index (χ2n) is 8.04. The third-order valence-electron chi connectivity index (χ3n) is 5.89. The van der Waals surface area contributed by atoms with Crippen LogP contribution in [0, 0.1) is 10.6 Å². The number of nitrogens with one attached hydrogen (secondary N) is 2. The van der Waals surface area contributed by atoms with E-state index in [1.54, 1.807) is 23.8 Å². The minimum absolute atomic E-state index is 0.110. The number of pyridine rings is 2. The Balaban J connectivity index is 1.69. The van der Waals surface area contributed by atoms with Crippen LogP contribution >= 0.6 is 0 Å². The van der Waals surface area contributed by atoms with Crippen molar-refractivity contribution in [1.29, 1.82) is 4.78 Å². The molecule has 4 rings (SSSR count). The van der Waals surface area contributed by atoms with E-state index in [-0.39, 0.29) is 28.7 Å². The summed E-state index contributed by atoms with van der Waals surface area (Å²) in [6, 6.07) is 6.22. The van der Waals surface area contributed by atoms with Crippen LogP contribution in [-0.4, -0.2) is 25.3 Å². The summed E-state index contributed by atoms with van der Waals surface area (Å²) in [5, 5.41) is 3.78. The van der Waals surface area contributed by atoms with E-state index in [2.05, 4.69) is 10.3 Å². The summed E-state index contributed by atoms with van der Waals surface area (Å²) in [4.78, 5) is 16.9. The average molecular weight is 465 g/mol. The predicted molar refractivity (Wildman–Crippen MR) is 118 cm³/mol. The fourth-order valence-corrected chi connectivity index (χ4v) is 5.62. The largest absolute Gasteiger partial charge is 0.378 e. The lowest BCUT2D eigenvalue weighted by atomic mass is 10.0. The minimum atomic E-state index is -2.91. The first-order valence-corrected chi connectivity index (χ1v) is 12.1. The average Bonchev–Trinajstić information content (AvgIpc) is 2.73. The van der Waals surface area contributed by atoms with Crippen LogP contribution in [0.1, 0.15) is 49.4 Å². The Kier molecular flexibility index (Phi) is 5.98. The second kappa shape index (κ2) is 8.57. The Bertz CT molecular complexity index is 1310. The van der Waals surface area contributed by atoms with Gasteiger partial charge < -0.3 is 9.88 Å². The molecule has 2 aromatic heterocycles. The zero-order valence-electron chi connectivity index (χ0n) is 17.4.